The van der Waals surface area contributed by atoms with Gasteiger partial charge in [-0.1, -0.05) is 0 Å². The summed E-state index contributed by atoms with van der Waals surface area (Å²) in [6, 6.07) is 2.86. The van der Waals surface area contributed by atoms with Crippen molar-refractivity contribution >= 4 is 17.6 Å². The molecule has 1 saturated carbocycles. The van der Waals surface area contributed by atoms with Crippen LogP contribution in [0.25, 0.3) is 0 Å². The molecule has 0 aromatic carbocycles. The molecule has 1 atom stereocenters. The van der Waals surface area contributed by atoms with Crippen LogP contribution < -0.4 is 0 Å². The Morgan fingerprint density at radius 1 is 1.53 bits per heavy atom. The number of nitrogens with zero attached hydrogens (tertiary/aromatic N) is 1. The number of ether oxygens (including phenoxy) is 1. The van der Waals surface area contributed by atoms with Gasteiger partial charge in [0, 0.05) is 25.7 Å². The monoisotopic (exact) mass is 279 g/mol. The molecule has 3 rings (SSSR count). The van der Waals surface area contributed by atoms with Crippen LogP contribution in [0.5, 0.6) is 0 Å². The van der Waals surface area contributed by atoms with Crippen LogP contribution in [0.2, 0.25) is 0 Å². The minimum absolute atomic E-state index is 0.267. The maximum Gasteiger partial charge on any atom is 0.129 e. The van der Waals surface area contributed by atoms with E-state index in [1.54, 1.807) is 11.3 Å². The topological polar surface area (TPSA) is 29.5 Å². The van der Waals surface area contributed by atoms with Gasteiger partial charge in [-0.25, -0.2) is 0 Å². The van der Waals surface area contributed by atoms with Crippen molar-refractivity contribution < 1.29 is 9.53 Å². The van der Waals surface area contributed by atoms with E-state index in [9.17, 15) is 4.79 Å². The molecule has 1 aromatic heterocycles. The van der Waals surface area contributed by atoms with E-state index in [4.69, 9.17) is 4.74 Å². The molecule has 104 valence electrons. The average molecular weight is 279 g/mol. The van der Waals surface area contributed by atoms with E-state index in [2.05, 4.69) is 21.7 Å². The van der Waals surface area contributed by atoms with E-state index in [0.29, 0.717) is 12.6 Å². The van der Waals surface area contributed by atoms with Crippen LogP contribution in [-0.2, 0) is 16.1 Å². The van der Waals surface area contributed by atoms with Gasteiger partial charge in [0.25, 0.3) is 0 Å². The maximum atomic E-state index is 11.6. The van der Waals surface area contributed by atoms with Gasteiger partial charge in [-0.05, 0) is 48.1 Å². The predicted molar refractivity (Wildman–Crippen MR) is 76.3 cm³/mol. The molecular weight excluding hydrogens is 258 g/mol. The van der Waals surface area contributed by atoms with E-state index in [1.807, 2.05) is 0 Å². The van der Waals surface area contributed by atoms with Crippen LogP contribution in [-0.4, -0.2) is 37.0 Å². The minimum Gasteiger partial charge on any atom is -0.380 e. The van der Waals surface area contributed by atoms with E-state index >= 15 is 0 Å². The Bertz CT molecular complexity index is 408. The predicted octanol–water partition coefficient (Wildman–Crippen LogP) is 2.71. The van der Waals surface area contributed by atoms with Crippen molar-refractivity contribution in [2.45, 2.75) is 38.3 Å². The molecule has 3 nitrogen and oxygen atoms in total. The first kappa shape index (κ1) is 13.3. The van der Waals surface area contributed by atoms with Crippen LogP contribution in [0.15, 0.2) is 16.8 Å². The van der Waals surface area contributed by atoms with Gasteiger partial charge >= 0.3 is 0 Å². The van der Waals surface area contributed by atoms with Crippen molar-refractivity contribution in [3.8, 4) is 0 Å². The normalized spacial score (nSPS) is 27.6. The fourth-order valence-corrected chi connectivity index (χ4v) is 3.56. The highest BCUT2D eigenvalue weighted by molar-refractivity contribution is 7.07. The molecule has 0 radical (unpaired) electrons. The summed E-state index contributed by atoms with van der Waals surface area (Å²) in [6.45, 7) is 3.24. The second kappa shape index (κ2) is 5.73. The quantitative estimate of drug-likeness (QED) is 0.750. The van der Waals surface area contributed by atoms with Gasteiger partial charge in [0.05, 0.1) is 12.0 Å². The van der Waals surface area contributed by atoms with Crippen LogP contribution >= 0.6 is 11.3 Å². The second-order valence-electron chi connectivity index (χ2n) is 5.90. The molecule has 4 heteroatoms. The van der Waals surface area contributed by atoms with Crippen molar-refractivity contribution in [2.75, 3.05) is 19.8 Å². The van der Waals surface area contributed by atoms with Gasteiger partial charge in [0.15, 0.2) is 0 Å². The lowest BCUT2D eigenvalue weighted by Crippen LogP contribution is -2.44. The highest BCUT2D eigenvalue weighted by Crippen LogP contribution is 2.34. The number of hydrogen-bond acceptors (Lipinski definition) is 4. The number of hydrogen-bond donors (Lipinski definition) is 0. The van der Waals surface area contributed by atoms with Gasteiger partial charge in [0.2, 0.25) is 0 Å². The lowest BCUT2D eigenvalue weighted by atomic mass is 9.83. The molecule has 1 aromatic rings. The van der Waals surface area contributed by atoms with Gasteiger partial charge in [-0.3, -0.25) is 4.90 Å². The van der Waals surface area contributed by atoms with Gasteiger partial charge in [-0.2, -0.15) is 11.3 Å². The van der Waals surface area contributed by atoms with Crippen LogP contribution in [0, 0.1) is 5.41 Å². The fraction of sp³-hybridized carbons (Fsp3) is 0.667. The minimum atomic E-state index is -0.267. The summed E-state index contributed by atoms with van der Waals surface area (Å²) in [7, 11) is 0. The smallest absolute Gasteiger partial charge is 0.129 e. The Hall–Kier alpha value is -0.710. The Morgan fingerprint density at radius 2 is 2.42 bits per heavy atom. The van der Waals surface area contributed by atoms with Gasteiger partial charge in [0.1, 0.15) is 6.29 Å². The molecule has 0 bridgehead atoms. The first-order chi connectivity index (χ1) is 9.31. The van der Waals surface area contributed by atoms with Gasteiger partial charge in [-0.15, -0.1) is 0 Å². The summed E-state index contributed by atoms with van der Waals surface area (Å²) < 4.78 is 5.56. The summed E-state index contributed by atoms with van der Waals surface area (Å²) in [5.74, 6) is 0. The molecule has 1 aliphatic heterocycles. The molecule has 2 aliphatic rings. The molecule has 1 aliphatic carbocycles. The van der Waals surface area contributed by atoms with E-state index in [0.717, 1.165) is 38.8 Å². The molecule has 2 heterocycles. The SMILES string of the molecule is O=CC1(CN(Cc2ccsc2)C2CC2)CCCOC1. The average Bonchev–Trinajstić information content (AvgIpc) is 3.18. The van der Waals surface area contributed by atoms with Crippen LogP contribution in [0.1, 0.15) is 31.2 Å². The first-order valence-corrected chi connectivity index (χ1v) is 8.05. The van der Waals surface area contributed by atoms with Gasteiger partial charge < -0.3 is 9.53 Å². The van der Waals surface area contributed by atoms with Crippen molar-refractivity contribution in [3.05, 3.63) is 22.4 Å². The zero-order valence-corrected chi connectivity index (χ0v) is 12.0. The molecular formula is C15H21NO2S. The molecule has 2 fully saturated rings. The number of carbonyl (C=O) groups excluding carboxylic acids is 1. The summed E-state index contributed by atoms with van der Waals surface area (Å²) in [5.41, 5.74) is 1.10. The number of thiophene rings is 1. The van der Waals surface area contributed by atoms with Crippen LogP contribution in [0.3, 0.4) is 0 Å². The van der Waals surface area contributed by atoms with Crippen molar-refractivity contribution in [1.29, 1.82) is 0 Å². The van der Waals surface area contributed by atoms with Crippen molar-refractivity contribution in [3.63, 3.8) is 0 Å². The zero-order chi connectivity index (χ0) is 13.1. The van der Waals surface area contributed by atoms with E-state index < -0.39 is 0 Å². The third-order valence-corrected chi connectivity index (χ3v) is 4.88. The Balaban J connectivity index is 1.68. The van der Waals surface area contributed by atoms with E-state index in [1.165, 1.54) is 18.4 Å². The summed E-state index contributed by atoms with van der Waals surface area (Å²) >= 11 is 1.74. The molecule has 0 spiro atoms. The first-order valence-electron chi connectivity index (χ1n) is 7.11. The zero-order valence-electron chi connectivity index (χ0n) is 11.2. The summed E-state index contributed by atoms with van der Waals surface area (Å²) in [4.78, 5) is 14.0. The van der Waals surface area contributed by atoms with Crippen molar-refractivity contribution in [2.24, 2.45) is 5.41 Å². The third kappa shape index (κ3) is 3.25. The summed E-state index contributed by atoms with van der Waals surface area (Å²) in [6.07, 6.45) is 5.69. The number of aldehydes is 1. The maximum absolute atomic E-state index is 11.6. The lowest BCUT2D eigenvalue weighted by molar-refractivity contribution is -0.126. The number of rotatable bonds is 6. The summed E-state index contributed by atoms with van der Waals surface area (Å²) in [5, 5.41) is 4.33. The lowest BCUT2D eigenvalue weighted by Gasteiger charge is -2.36. The standard InChI is InChI=1S/C15H21NO2S/c17-11-15(5-1-6-18-12-15)10-16(14-2-3-14)8-13-4-7-19-9-13/h4,7,9,11,14H,1-3,5-6,8,10,12H2. The molecule has 1 saturated heterocycles. The molecule has 1 unspecified atom stereocenters. The molecule has 19 heavy (non-hydrogen) atoms. The Kier molecular flexibility index (Phi) is 4.01. The third-order valence-electron chi connectivity index (χ3n) is 4.15. The van der Waals surface area contributed by atoms with Crippen molar-refractivity contribution in [1.82, 2.24) is 4.90 Å². The molecule has 0 N–H and O–H groups in total. The highest BCUT2D eigenvalue weighted by atomic mass is 32.1. The second-order valence-corrected chi connectivity index (χ2v) is 6.68. The largest absolute Gasteiger partial charge is 0.380 e. The van der Waals surface area contributed by atoms with Crippen LogP contribution in [0.4, 0.5) is 0 Å². The molecule has 0 amide bonds. The van der Waals surface area contributed by atoms with E-state index in [-0.39, 0.29) is 5.41 Å². The Morgan fingerprint density at radius 3 is 3.00 bits per heavy atom. The number of carbonyl (C=O) groups is 1. The highest BCUT2D eigenvalue weighted by Gasteiger charge is 2.39. The fourth-order valence-electron chi connectivity index (χ4n) is 2.90. The Labute approximate surface area is 118 Å².